The summed E-state index contributed by atoms with van der Waals surface area (Å²) in [5.74, 6) is 0.652. The highest BCUT2D eigenvalue weighted by Crippen LogP contribution is 2.39. The molecule has 2 N–H and O–H groups in total. The average Bonchev–Trinajstić information content (AvgIpc) is 2.67. The van der Waals surface area contributed by atoms with Crippen molar-refractivity contribution in [2.45, 2.75) is 65.0 Å². The van der Waals surface area contributed by atoms with Gasteiger partial charge in [0, 0.05) is 18.6 Å². The molecule has 1 aliphatic heterocycles. The van der Waals surface area contributed by atoms with Gasteiger partial charge < -0.3 is 5.73 Å². The molecule has 1 aliphatic carbocycles. The second-order valence-corrected chi connectivity index (χ2v) is 6.54. The van der Waals surface area contributed by atoms with Crippen LogP contribution in [0.4, 0.5) is 0 Å². The molecule has 16 heavy (non-hydrogen) atoms. The Morgan fingerprint density at radius 3 is 2.50 bits per heavy atom. The number of piperidine rings is 1. The van der Waals surface area contributed by atoms with E-state index in [4.69, 9.17) is 5.73 Å². The van der Waals surface area contributed by atoms with Crippen LogP contribution in [0.3, 0.4) is 0 Å². The first-order valence-corrected chi connectivity index (χ1v) is 7.01. The summed E-state index contributed by atoms with van der Waals surface area (Å²) in [5.41, 5.74) is 6.74. The number of nitrogens with zero attached hydrogens (tertiary/aromatic N) is 1. The summed E-state index contributed by atoms with van der Waals surface area (Å²) in [6.07, 6.45) is 6.91. The highest BCUT2D eigenvalue weighted by atomic mass is 15.2. The fraction of sp³-hybridized carbons (Fsp3) is 1.00. The highest BCUT2D eigenvalue weighted by Gasteiger charge is 2.36. The second kappa shape index (κ2) is 4.66. The van der Waals surface area contributed by atoms with Gasteiger partial charge in [0.25, 0.3) is 0 Å². The molecule has 0 aromatic rings. The van der Waals surface area contributed by atoms with Crippen LogP contribution in [0, 0.1) is 11.3 Å². The Balaban J connectivity index is 1.94. The summed E-state index contributed by atoms with van der Waals surface area (Å²) >= 11 is 0. The van der Waals surface area contributed by atoms with E-state index in [0.29, 0.717) is 23.4 Å². The highest BCUT2D eigenvalue weighted by molar-refractivity contribution is 4.91. The molecule has 0 spiro atoms. The van der Waals surface area contributed by atoms with E-state index in [2.05, 4.69) is 25.7 Å². The molecule has 2 aliphatic rings. The third-order valence-corrected chi connectivity index (χ3v) is 5.16. The average molecular weight is 224 g/mol. The van der Waals surface area contributed by atoms with Crippen molar-refractivity contribution in [3.8, 4) is 0 Å². The molecule has 2 heteroatoms. The zero-order valence-corrected chi connectivity index (χ0v) is 11.2. The number of hydrogen-bond acceptors (Lipinski definition) is 2. The van der Waals surface area contributed by atoms with Crippen molar-refractivity contribution in [2.75, 3.05) is 13.1 Å². The second-order valence-electron chi connectivity index (χ2n) is 6.54. The summed E-state index contributed by atoms with van der Waals surface area (Å²) in [7, 11) is 0. The monoisotopic (exact) mass is 224 g/mol. The normalized spacial score (nSPS) is 40.1. The summed E-state index contributed by atoms with van der Waals surface area (Å²) < 4.78 is 0. The van der Waals surface area contributed by atoms with E-state index in [0.717, 1.165) is 0 Å². The molecule has 2 rings (SSSR count). The fourth-order valence-corrected chi connectivity index (χ4v) is 3.57. The predicted octanol–water partition coefficient (Wildman–Crippen LogP) is 2.62. The topological polar surface area (TPSA) is 29.3 Å². The van der Waals surface area contributed by atoms with Gasteiger partial charge in [-0.25, -0.2) is 0 Å². The number of nitrogens with two attached hydrogens (primary N) is 1. The van der Waals surface area contributed by atoms with Crippen molar-refractivity contribution in [3.05, 3.63) is 0 Å². The molecule has 0 aromatic carbocycles. The summed E-state index contributed by atoms with van der Waals surface area (Å²) in [5, 5.41) is 0. The van der Waals surface area contributed by atoms with Gasteiger partial charge in [0.2, 0.25) is 0 Å². The van der Waals surface area contributed by atoms with Gasteiger partial charge in [0.15, 0.2) is 0 Å². The standard InChI is InChI=1S/C14H28N2/c1-11-12(2)16(9-6-13(11)15)10-14(3)7-4-5-8-14/h11-13H,4-10,15H2,1-3H3. The number of rotatable bonds is 2. The lowest BCUT2D eigenvalue weighted by Gasteiger charge is -2.44. The first-order chi connectivity index (χ1) is 7.52. The van der Waals surface area contributed by atoms with Crippen molar-refractivity contribution < 1.29 is 0 Å². The molecular formula is C14H28N2. The van der Waals surface area contributed by atoms with Crippen LogP contribution in [0.5, 0.6) is 0 Å². The van der Waals surface area contributed by atoms with Gasteiger partial charge in [-0.05, 0) is 44.1 Å². The molecule has 1 saturated heterocycles. The molecule has 3 unspecified atom stereocenters. The van der Waals surface area contributed by atoms with Crippen LogP contribution in [0.1, 0.15) is 52.9 Å². The molecule has 2 nitrogen and oxygen atoms in total. The van der Waals surface area contributed by atoms with E-state index in [1.807, 2.05) is 0 Å². The first-order valence-electron chi connectivity index (χ1n) is 7.01. The largest absolute Gasteiger partial charge is 0.327 e. The van der Waals surface area contributed by atoms with E-state index in [1.54, 1.807) is 0 Å². The number of hydrogen-bond donors (Lipinski definition) is 1. The molecule has 1 heterocycles. The van der Waals surface area contributed by atoms with E-state index in [-0.39, 0.29) is 0 Å². The van der Waals surface area contributed by atoms with Gasteiger partial charge in [-0.1, -0.05) is 26.7 Å². The maximum atomic E-state index is 6.15. The van der Waals surface area contributed by atoms with Crippen molar-refractivity contribution in [3.63, 3.8) is 0 Å². The molecular weight excluding hydrogens is 196 g/mol. The Labute approximate surface area is 101 Å². The third-order valence-electron chi connectivity index (χ3n) is 5.16. The van der Waals surface area contributed by atoms with Crippen LogP contribution in [0.25, 0.3) is 0 Å². The minimum atomic E-state index is 0.419. The fourth-order valence-electron chi connectivity index (χ4n) is 3.57. The van der Waals surface area contributed by atoms with Crippen LogP contribution in [0.15, 0.2) is 0 Å². The Bertz CT molecular complexity index is 233. The quantitative estimate of drug-likeness (QED) is 0.781. The number of likely N-dealkylation sites (tertiary alicyclic amines) is 1. The smallest absolute Gasteiger partial charge is 0.0108 e. The summed E-state index contributed by atoms with van der Waals surface area (Å²) in [4.78, 5) is 2.69. The molecule has 1 saturated carbocycles. The summed E-state index contributed by atoms with van der Waals surface area (Å²) in [6.45, 7) is 9.67. The van der Waals surface area contributed by atoms with E-state index in [9.17, 15) is 0 Å². The van der Waals surface area contributed by atoms with Crippen LogP contribution < -0.4 is 5.73 Å². The van der Waals surface area contributed by atoms with Crippen LogP contribution >= 0.6 is 0 Å². The Kier molecular flexibility index (Phi) is 3.60. The van der Waals surface area contributed by atoms with Crippen molar-refractivity contribution in [2.24, 2.45) is 17.1 Å². The maximum absolute atomic E-state index is 6.15. The van der Waals surface area contributed by atoms with Gasteiger partial charge in [0.1, 0.15) is 0 Å². The van der Waals surface area contributed by atoms with E-state index >= 15 is 0 Å². The minimum Gasteiger partial charge on any atom is -0.327 e. The van der Waals surface area contributed by atoms with E-state index in [1.165, 1.54) is 45.2 Å². The third kappa shape index (κ3) is 2.43. The maximum Gasteiger partial charge on any atom is 0.0108 e. The Hall–Kier alpha value is -0.0800. The van der Waals surface area contributed by atoms with Gasteiger partial charge in [0.05, 0.1) is 0 Å². The van der Waals surface area contributed by atoms with Crippen molar-refractivity contribution in [1.29, 1.82) is 0 Å². The van der Waals surface area contributed by atoms with Crippen molar-refractivity contribution in [1.82, 2.24) is 4.90 Å². The molecule has 3 atom stereocenters. The predicted molar refractivity (Wildman–Crippen MR) is 69.4 cm³/mol. The molecule has 0 radical (unpaired) electrons. The van der Waals surface area contributed by atoms with Crippen LogP contribution in [-0.2, 0) is 0 Å². The zero-order chi connectivity index (χ0) is 11.8. The van der Waals surface area contributed by atoms with Gasteiger partial charge in [-0.15, -0.1) is 0 Å². The van der Waals surface area contributed by atoms with Gasteiger partial charge >= 0.3 is 0 Å². The van der Waals surface area contributed by atoms with Gasteiger partial charge in [-0.3, -0.25) is 4.90 Å². The first kappa shape index (κ1) is 12.4. The van der Waals surface area contributed by atoms with Gasteiger partial charge in [-0.2, -0.15) is 0 Å². The molecule has 0 aromatic heterocycles. The van der Waals surface area contributed by atoms with E-state index < -0.39 is 0 Å². The molecule has 94 valence electrons. The van der Waals surface area contributed by atoms with Crippen molar-refractivity contribution >= 4 is 0 Å². The minimum absolute atomic E-state index is 0.419. The lowest BCUT2D eigenvalue weighted by Crippen LogP contribution is -2.53. The van der Waals surface area contributed by atoms with Crippen LogP contribution in [0.2, 0.25) is 0 Å². The lowest BCUT2D eigenvalue weighted by atomic mass is 9.83. The molecule has 0 amide bonds. The molecule has 2 fully saturated rings. The lowest BCUT2D eigenvalue weighted by molar-refractivity contribution is 0.0573. The zero-order valence-electron chi connectivity index (χ0n) is 11.2. The van der Waals surface area contributed by atoms with Crippen LogP contribution in [-0.4, -0.2) is 30.1 Å². The SMILES string of the molecule is CC1C(N)CCN(CC2(C)CCCC2)C1C. The molecule has 0 bridgehead atoms. The Morgan fingerprint density at radius 1 is 1.25 bits per heavy atom. The summed E-state index contributed by atoms with van der Waals surface area (Å²) in [6, 6.07) is 1.09. The Morgan fingerprint density at radius 2 is 1.88 bits per heavy atom.